The van der Waals surface area contributed by atoms with Crippen molar-refractivity contribution in [2.75, 3.05) is 26.3 Å². The second kappa shape index (κ2) is 4.71. The molecule has 0 aromatic rings. The van der Waals surface area contributed by atoms with Crippen molar-refractivity contribution in [1.29, 1.82) is 0 Å². The van der Waals surface area contributed by atoms with Crippen LogP contribution >= 0.6 is 8.07 Å². The first-order chi connectivity index (χ1) is 6.50. The van der Waals surface area contributed by atoms with Crippen molar-refractivity contribution >= 4 is 19.9 Å². The summed E-state index contributed by atoms with van der Waals surface area (Å²) in [6.45, 7) is 3.73. The van der Waals surface area contributed by atoms with Gasteiger partial charge in [-0.3, -0.25) is 14.7 Å². The minimum atomic E-state index is -0.429. The first kappa shape index (κ1) is 11.4. The number of nitrogens with one attached hydrogen (secondary N) is 1. The third kappa shape index (κ3) is 2.93. The Balaban J connectivity index is 2.36. The van der Waals surface area contributed by atoms with Crippen LogP contribution in [0.2, 0.25) is 0 Å². The molecular formula is C8H16N3O2P. The zero-order chi connectivity index (χ0) is 10.7. The van der Waals surface area contributed by atoms with Crippen molar-refractivity contribution < 1.29 is 9.59 Å². The summed E-state index contributed by atoms with van der Waals surface area (Å²) in [5.41, 5.74) is 0. The van der Waals surface area contributed by atoms with Gasteiger partial charge in [0, 0.05) is 29.0 Å². The number of nitrogens with zero attached hydrogens (tertiary/aromatic N) is 2. The summed E-state index contributed by atoms with van der Waals surface area (Å²) in [7, 11) is 1.35. The predicted molar refractivity (Wildman–Crippen MR) is 55.6 cm³/mol. The van der Waals surface area contributed by atoms with E-state index in [2.05, 4.69) is 5.09 Å². The van der Waals surface area contributed by atoms with Crippen LogP contribution in [0.3, 0.4) is 0 Å². The van der Waals surface area contributed by atoms with Gasteiger partial charge in [-0.2, -0.15) is 0 Å². The standard InChI is InChI=1S/C8H16N3O2P/c1-7(12)10(3)5-14-6-11(4-9-14)8(2)13/h9H,4-6H2,1-3H3. The van der Waals surface area contributed by atoms with Crippen LogP contribution in [0.5, 0.6) is 0 Å². The van der Waals surface area contributed by atoms with Crippen LogP contribution in [0.15, 0.2) is 0 Å². The molecule has 0 bridgehead atoms. The molecule has 6 heteroatoms. The highest BCUT2D eigenvalue weighted by Crippen LogP contribution is 2.35. The van der Waals surface area contributed by atoms with Gasteiger partial charge in [0.15, 0.2) is 0 Å². The van der Waals surface area contributed by atoms with Gasteiger partial charge in [0.25, 0.3) is 0 Å². The number of hydrogen-bond acceptors (Lipinski definition) is 3. The molecule has 0 aromatic carbocycles. The molecule has 1 N–H and O–H groups in total. The topological polar surface area (TPSA) is 52.7 Å². The largest absolute Gasteiger partial charge is 0.341 e. The maximum Gasteiger partial charge on any atom is 0.220 e. The molecule has 1 atom stereocenters. The van der Waals surface area contributed by atoms with Crippen LogP contribution < -0.4 is 5.09 Å². The lowest BCUT2D eigenvalue weighted by Crippen LogP contribution is -2.26. The first-order valence-corrected chi connectivity index (χ1v) is 6.17. The fourth-order valence-corrected chi connectivity index (χ4v) is 3.24. The maximum absolute atomic E-state index is 11.0. The van der Waals surface area contributed by atoms with E-state index in [1.54, 1.807) is 30.7 Å². The summed E-state index contributed by atoms with van der Waals surface area (Å²) in [5, 5.41) is 3.25. The van der Waals surface area contributed by atoms with Crippen molar-refractivity contribution in [3.8, 4) is 0 Å². The molecule has 0 aliphatic carbocycles. The third-order valence-corrected chi connectivity index (χ3v) is 4.23. The van der Waals surface area contributed by atoms with E-state index in [4.69, 9.17) is 0 Å². The van der Waals surface area contributed by atoms with Crippen LogP contribution in [0.4, 0.5) is 0 Å². The Hall–Kier alpha value is -0.670. The average Bonchev–Trinajstić information content (AvgIpc) is 2.52. The molecule has 1 unspecified atom stereocenters. The number of carbonyl (C=O) groups is 2. The van der Waals surface area contributed by atoms with Crippen LogP contribution in [0, 0.1) is 0 Å². The molecule has 0 spiro atoms. The predicted octanol–water partition coefficient (Wildman–Crippen LogP) is 0.186. The molecule has 1 saturated heterocycles. The number of carbonyl (C=O) groups excluding carboxylic acids is 2. The Morgan fingerprint density at radius 1 is 1.50 bits per heavy atom. The second-order valence-electron chi connectivity index (χ2n) is 3.41. The molecule has 1 fully saturated rings. The van der Waals surface area contributed by atoms with Crippen molar-refractivity contribution in [2.24, 2.45) is 0 Å². The van der Waals surface area contributed by atoms with Crippen molar-refractivity contribution in [2.45, 2.75) is 13.8 Å². The lowest BCUT2D eigenvalue weighted by Gasteiger charge is -2.19. The molecule has 14 heavy (non-hydrogen) atoms. The highest BCUT2D eigenvalue weighted by atomic mass is 31.1. The second-order valence-corrected chi connectivity index (χ2v) is 5.38. The van der Waals surface area contributed by atoms with Gasteiger partial charge in [-0.05, 0) is 0 Å². The fourth-order valence-electron chi connectivity index (χ4n) is 1.15. The maximum atomic E-state index is 11.0. The molecule has 0 aromatic heterocycles. The SMILES string of the molecule is CC(=O)N(C)CP1CN(C(C)=O)CN1. The van der Waals surface area contributed by atoms with E-state index in [1.807, 2.05) is 0 Å². The monoisotopic (exact) mass is 217 g/mol. The normalized spacial score (nSPS) is 21.1. The van der Waals surface area contributed by atoms with E-state index in [0.29, 0.717) is 13.0 Å². The molecule has 5 nitrogen and oxygen atoms in total. The summed E-state index contributed by atoms with van der Waals surface area (Å²) in [4.78, 5) is 25.4. The van der Waals surface area contributed by atoms with Crippen LogP contribution in [-0.4, -0.2) is 47.9 Å². The molecule has 1 rings (SSSR count). The van der Waals surface area contributed by atoms with E-state index in [9.17, 15) is 9.59 Å². The summed E-state index contributed by atoms with van der Waals surface area (Å²) in [5.74, 6) is 0.156. The van der Waals surface area contributed by atoms with Crippen molar-refractivity contribution in [3.63, 3.8) is 0 Å². The minimum Gasteiger partial charge on any atom is -0.341 e. The fraction of sp³-hybridized carbons (Fsp3) is 0.750. The number of hydrogen-bond donors (Lipinski definition) is 1. The zero-order valence-electron chi connectivity index (χ0n) is 8.78. The van der Waals surface area contributed by atoms with Gasteiger partial charge in [0.2, 0.25) is 11.8 Å². The van der Waals surface area contributed by atoms with Crippen molar-refractivity contribution in [3.05, 3.63) is 0 Å². The Morgan fingerprint density at radius 2 is 2.14 bits per heavy atom. The molecule has 1 aliphatic rings. The van der Waals surface area contributed by atoms with Gasteiger partial charge >= 0.3 is 0 Å². The van der Waals surface area contributed by atoms with Gasteiger partial charge in [-0.1, -0.05) is 0 Å². The first-order valence-electron chi connectivity index (χ1n) is 4.46. The molecule has 0 saturated carbocycles. The van der Waals surface area contributed by atoms with E-state index >= 15 is 0 Å². The summed E-state index contributed by atoms with van der Waals surface area (Å²) < 4.78 is 0. The van der Waals surface area contributed by atoms with Gasteiger partial charge in [0.05, 0.1) is 19.2 Å². The third-order valence-electron chi connectivity index (χ3n) is 2.19. The lowest BCUT2D eigenvalue weighted by atomic mass is 10.6. The summed E-state index contributed by atoms with van der Waals surface area (Å²) >= 11 is 0. The van der Waals surface area contributed by atoms with Crippen LogP contribution in [0.25, 0.3) is 0 Å². The van der Waals surface area contributed by atoms with E-state index in [1.165, 1.54) is 0 Å². The van der Waals surface area contributed by atoms with Crippen LogP contribution in [0.1, 0.15) is 13.8 Å². The van der Waals surface area contributed by atoms with Crippen LogP contribution in [-0.2, 0) is 9.59 Å². The Morgan fingerprint density at radius 3 is 2.57 bits per heavy atom. The van der Waals surface area contributed by atoms with Crippen molar-refractivity contribution in [1.82, 2.24) is 14.9 Å². The number of amides is 2. The highest BCUT2D eigenvalue weighted by molar-refractivity contribution is 7.55. The van der Waals surface area contributed by atoms with E-state index < -0.39 is 8.07 Å². The molecule has 80 valence electrons. The van der Waals surface area contributed by atoms with Gasteiger partial charge in [-0.25, -0.2) is 0 Å². The number of rotatable bonds is 2. The van der Waals surface area contributed by atoms with Gasteiger partial charge in [-0.15, -0.1) is 0 Å². The quantitative estimate of drug-likeness (QED) is 0.671. The van der Waals surface area contributed by atoms with E-state index in [-0.39, 0.29) is 11.8 Å². The smallest absolute Gasteiger partial charge is 0.220 e. The highest BCUT2D eigenvalue weighted by Gasteiger charge is 2.24. The molecule has 2 amide bonds. The average molecular weight is 217 g/mol. The minimum absolute atomic E-state index is 0.0653. The van der Waals surface area contributed by atoms with E-state index in [0.717, 1.165) is 6.29 Å². The lowest BCUT2D eigenvalue weighted by molar-refractivity contribution is -0.127. The molecular weight excluding hydrogens is 201 g/mol. The Kier molecular flexibility index (Phi) is 3.84. The molecule has 1 heterocycles. The zero-order valence-corrected chi connectivity index (χ0v) is 9.67. The summed E-state index contributed by atoms with van der Waals surface area (Å²) in [6.07, 6.45) is 1.47. The molecule has 0 radical (unpaired) electrons. The summed E-state index contributed by atoms with van der Waals surface area (Å²) in [6, 6.07) is 0. The molecule has 1 aliphatic heterocycles. The Labute approximate surface area is 85.2 Å². The Bertz CT molecular complexity index is 247. The van der Waals surface area contributed by atoms with Gasteiger partial charge in [0.1, 0.15) is 0 Å². The van der Waals surface area contributed by atoms with Gasteiger partial charge < -0.3 is 9.80 Å².